The van der Waals surface area contributed by atoms with Gasteiger partial charge in [-0.15, -0.1) is 11.8 Å². The molecule has 0 aliphatic rings. The van der Waals surface area contributed by atoms with Crippen LogP contribution in [0.4, 0.5) is 4.39 Å². The van der Waals surface area contributed by atoms with Gasteiger partial charge in [-0.2, -0.15) is 0 Å². The first kappa shape index (κ1) is 19.0. The minimum Gasteiger partial charge on any atom is -0.352 e. The number of thioether (sulfide) groups is 1. The van der Waals surface area contributed by atoms with Gasteiger partial charge in [0.15, 0.2) is 0 Å². The van der Waals surface area contributed by atoms with Gasteiger partial charge in [0, 0.05) is 43.3 Å². The first-order valence-corrected chi connectivity index (χ1v) is 8.90. The van der Waals surface area contributed by atoms with Crippen LogP contribution in [0.25, 0.3) is 0 Å². The number of rotatable bonds is 7. The molecule has 132 valence electrons. The average molecular weight is 360 g/mol. The highest BCUT2D eigenvalue weighted by atomic mass is 32.2. The van der Waals surface area contributed by atoms with Gasteiger partial charge in [-0.1, -0.05) is 24.3 Å². The smallest absolute Gasteiger partial charge is 0.253 e. The summed E-state index contributed by atoms with van der Waals surface area (Å²) in [5.74, 6) is 0.113. The van der Waals surface area contributed by atoms with Crippen LogP contribution in [-0.4, -0.2) is 36.6 Å². The van der Waals surface area contributed by atoms with Crippen molar-refractivity contribution in [2.24, 2.45) is 0 Å². The summed E-state index contributed by atoms with van der Waals surface area (Å²) >= 11 is 1.33. The topological polar surface area (TPSA) is 49.4 Å². The molecule has 6 heteroatoms. The molecule has 0 aromatic heterocycles. The summed E-state index contributed by atoms with van der Waals surface area (Å²) in [6.07, 6.45) is 0.316. The van der Waals surface area contributed by atoms with Crippen LogP contribution in [0.1, 0.15) is 22.3 Å². The van der Waals surface area contributed by atoms with E-state index in [-0.39, 0.29) is 17.6 Å². The standard InChI is InChI=1S/C19H21FN2O2S/c1-22(2)19(24)15-9-7-14(8-10-15)13-21-18(23)11-12-25-17-6-4-3-5-16(17)20/h3-10H,11-13H2,1-2H3,(H,21,23). The fraction of sp³-hybridized carbons (Fsp3) is 0.263. The lowest BCUT2D eigenvalue weighted by Crippen LogP contribution is -2.23. The summed E-state index contributed by atoms with van der Waals surface area (Å²) in [6.45, 7) is 0.402. The van der Waals surface area contributed by atoms with Crippen LogP contribution in [0.5, 0.6) is 0 Å². The molecule has 0 aliphatic carbocycles. The van der Waals surface area contributed by atoms with E-state index in [1.165, 1.54) is 22.7 Å². The number of benzene rings is 2. The molecule has 2 aromatic rings. The van der Waals surface area contributed by atoms with Crippen molar-refractivity contribution >= 4 is 23.6 Å². The number of carbonyl (C=O) groups excluding carboxylic acids is 2. The number of halogens is 1. The van der Waals surface area contributed by atoms with Crippen LogP contribution in [0.15, 0.2) is 53.4 Å². The summed E-state index contributed by atoms with van der Waals surface area (Å²) in [4.78, 5) is 25.8. The summed E-state index contributed by atoms with van der Waals surface area (Å²) in [6, 6.07) is 13.7. The molecule has 25 heavy (non-hydrogen) atoms. The normalized spacial score (nSPS) is 10.4. The van der Waals surface area contributed by atoms with Gasteiger partial charge >= 0.3 is 0 Å². The van der Waals surface area contributed by atoms with Crippen molar-refractivity contribution in [2.45, 2.75) is 17.9 Å². The van der Waals surface area contributed by atoms with E-state index in [0.29, 0.717) is 29.2 Å². The van der Waals surface area contributed by atoms with Gasteiger partial charge in [-0.3, -0.25) is 9.59 Å². The molecule has 2 amide bonds. The molecule has 0 saturated heterocycles. The minimum absolute atomic E-state index is 0.0549. The lowest BCUT2D eigenvalue weighted by Gasteiger charge is -2.11. The number of nitrogens with zero attached hydrogens (tertiary/aromatic N) is 1. The fourth-order valence-corrected chi connectivity index (χ4v) is 3.02. The highest BCUT2D eigenvalue weighted by Crippen LogP contribution is 2.21. The van der Waals surface area contributed by atoms with Crippen molar-refractivity contribution in [1.82, 2.24) is 10.2 Å². The quantitative estimate of drug-likeness (QED) is 0.771. The van der Waals surface area contributed by atoms with E-state index in [9.17, 15) is 14.0 Å². The van der Waals surface area contributed by atoms with Gasteiger partial charge in [-0.05, 0) is 29.8 Å². The maximum absolute atomic E-state index is 13.5. The Morgan fingerprint density at radius 1 is 1.08 bits per heavy atom. The van der Waals surface area contributed by atoms with E-state index in [4.69, 9.17) is 0 Å². The van der Waals surface area contributed by atoms with Crippen LogP contribution < -0.4 is 5.32 Å². The van der Waals surface area contributed by atoms with Crippen molar-refractivity contribution in [1.29, 1.82) is 0 Å². The van der Waals surface area contributed by atoms with Crippen LogP contribution in [0.2, 0.25) is 0 Å². The Balaban J connectivity index is 1.74. The zero-order chi connectivity index (χ0) is 18.2. The maximum Gasteiger partial charge on any atom is 0.253 e. The van der Waals surface area contributed by atoms with Gasteiger partial charge < -0.3 is 10.2 Å². The van der Waals surface area contributed by atoms with E-state index in [1.807, 2.05) is 12.1 Å². The Hall–Kier alpha value is -2.34. The molecule has 2 rings (SSSR count). The van der Waals surface area contributed by atoms with Gasteiger partial charge in [0.05, 0.1) is 0 Å². The van der Waals surface area contributed by atoms with Crippen molar-refractivity contribution in [2.75, 3.05) is 19.8 Å². The first-order valence-electron chi connectivity index (χ1n) is 7.92. The summed E-state index contributed by atoms with van der Waals surface area (Å²) in [5, 5.41) is 2.83. The maximum atomic E-state index is 13.5. The fourth-order valence-electron chi connectivity index (χ4n) is 2.13. The predicted octanol–water partition coefficient (Wildman–Crippen LogP) is 3.33. The van der Waals surface area contributed by atoms with Crippen LogP contribution in [-0.2, 0) is 11.3 Å². The molecule has 0 fully saturated rings. The zero-order valence-corrected chi connectivity index (χ0v) is 15.1. The first-order chi connectivity index (χ1) is 12.0. The molecule has 1 N–H and O–H groups in total. The molecular formula is C19H21FN2O2S. The average Bonchev–Trinajstić information content (AvgIpc) is 2.61. The Kier molecular flexibility index (Phi) is 7.01. The number of carbonyl (C=O) groups is 2. The summed E-state index contributed by atoms with van der Waals surface area (Å²) in [5.41, 5.74) is 1.53. The molecule has 0 spiro atoms. The molecular weight excluding hydrogens is 339 g/mol. The zero-order valence-electron chi connectivity index (χ0n) is 14.3. The Bertz CT molecular complexity index is 732. The van der Waals surface area contributed by atoms with Gasteiger partial charge in [0.2, 0.25) is 5.91 Å². The van der Waals surface area contributed by atoms with E-state index in [1.54, 1.807) is 44.4 Å². The van der Waals surface area contributed by atoms with Gasteiger partial charge in [0.1, 0.15) is 5.82 Å². The number of amides is 2. The highest BCUT2D eigenvalue weighted by molar-refractivity contribution is 7.99. The highest BCUT2D eigenvalue weighted by Gasteiger charge is 2.08. The van der Waals surface area contributed by atoms with Crippen LogP contribution in [0.3, 0.4) is 0 Å². The van der Waals surface area contributed by atoms with Crippen molar-refractivity contribution in [3.8, 4) is 0 Å². The van der Waals surface area contributed by atoms with Crippen LogP contribution >= 0.6 is 11.8 Å². The Labute approximate surface area is 151 Å². The minimum atomic E-state index is -0.264. The van der Waals surface area contributed by atoms with E-state index < -0.39 is 0 Å². The molecule has 0 saturated carbocycles. The third-order valence-corrected chi connectivity index (χ3v) is 4.57. The van der Waals surface area contributed by atoms with Crippen molar-refractivity contribution in [3.05, 3.63) is 65.5 Å². The van der Waals surface area contributed by atoms with Gasteiger partial charge in [-0.25, -0.2) is 4.39 Å². The predicted molar refractivity (Wildman–Crippen MR) is 98.0 cm³/mol. The SMILES string of the molecule is CN(C)C(=O)c1ccc(CNC(=O)CCSc2ccccc2F)cc1. The van der Waals surface area contributed by atoms with Crippen molar-refractivity contribution in [3.63, 3.8) is 0 Å². The molecule has 0 radical (unpaired) electrons. The van der Waals surface area contributed by atoms with Crippen LogP contribution in [0, 0.1) is 5.82 Å². The third-order valence-electron chi connectivity index (χ3n) is 3.52. The van der Waals surface area contributed by atoms with E-state index in [2.05, 4.69) is 5.32 Å². The second-order valence-electron chi connectivity index (χ2n) is 5.70. The Morgan fingerprint density at radius 3 is 2.40 bits per heavy atom. The van der Waals surface area contributed by atoms with Crippen molar-refractivity contribution < 1.29 is 14.0 Å². The second-order valence-corrected chi connectivity index (χ2v) is 6.84. The molecule has 0 heterocycles. The molecule has 0 atom stereocenters. The number of hydrogen-bond acceptors (Lipinski definition) is 3. The lowest BCUT2D eigenvalue weighted by atomic mass is 10.1. The van der Waals surface area contributed by atoms with E-state index in [0.717, 1.165) is 5.56 Å². The third kappa shape index (κ3) is 5.90. The largest absolute Gasteiger partial charge is 0.352 e. The number of hydrogen-bond donors (Lipinski definition) is 1. The summed E-state index contributed by atoms with van der Waals surface area (Å²) in [7, 11) is 3.41. The lowest BCUT2D eigenvalue weighted by molar-refractivity contribution is -0.120. The molecule has 2 aromatic carbocycles. The van der Waals surface area contributed by atoms with Gasteiger partial charge in [0.25, 0.3) is 5.91 Å². The molecule has 4 nitrogen and oxygen atoms in total. The molecule has 0 unspecified atom stereocenters. The number of nitrogens with one attached hydrogen (secondary N) is 1. The molecule has 0 aliphatic heterocycles. The van der Waals surface area contributed by atoms with E-state index >= 15 is 0 Å². The second kappa shape index (κ2) is 9.22. The monoisotopic (exact) mass is 360 g/mol. The summed E-state index contributed by atoms with van der Waals surface area (Å²) < 4.78 is 13.5. The molecule has 0 bridgehead atoms. The Morgan fingerprint density at radius 2 is 1.76 bits per heavy atom.